The van der Waals surface area contributed by atoms with Crippen molar-refractivity contribution in [3.05, 3.63) is 29.3 Å². The summed E-state index contributed by atoms with van der Waals surface area (Å²) in [6, 6.07) is 5.38. The van der Waals surface area contributed by atoms with E-state index >= 15 is 0 Å². The Hall–Kier alpha value is -1.55. The highest BCUT2D eigenvalue weighted by atomic mass is 16.5. The molecule has 0 spiro atoms. The van der Waals surface area contributed by atoms with E-state index in [1.54, 1.807) is 6.92 Å². The van der Waals surface area contributed by atoms with Crippen LogP contribution in [0.2, 0.25) is 0 Å². The molecule has 0 saturated carbocycles. The molecule has 1 heterocycles. The van der Waals surface area contributed by atoms with Gasteiger partial charge in [0.2, 0.25) is 0 Å². The van der Waals surface area contributed by atoms with E-state index in [0.717, 1.165) is 17.7 Å². The van der Waals surface area contributed by atoms with Crippen LogP contribution in [0, 0.1) is 0 Å². The van der Waals surface area contributed by atoms with Crippen molar-refractivity contribution in [3.63, 3.8) is 0 Å². The molecule has 4 heteroatoms. The van der Waals surface area contributed by atoms with Crippen molar-refractivity contribution in [1.82, 2.24) is 0 Å². The molecule has 0 bridgehead atoms. The molecule has 19 heavy (non-hydrogen) atoms. The molecule has 0 amide bonds. The molecule has 1 aliphatic heterocycles. The van der Waals surface area contributed by atoms with Crippen LogP contribution < -0.4 is 10.5 Å². The summed E-state index contributed by atoms with van der Waals surface area (Å²) in [6.07, 6.45) is 1.37. The second kappa shape index (κ2) is 5.21. The van der Waals surface area contributed by atoms with Crippen molar-refractivity contribution < 1.29 is 14.3 Å². The molecule has 0 fully saturated rings. The molecule has 4 nitrogen and oxygen atoms in total. The van der Waals surface area contributed by atoms with Gasteiger partial charge in [0.1, 0.15) is 17.4 Å². The zero-order chi connectivity index (χ0) is 14.0. The monoisotopic (exact) mass is 263 g/mol. The largest absolute Gasteiger partial charge is 0.487 e. The lowest BCUT2D eigenvalue weighted by molar-refractivity contribution is -0.144. The maximum Gasteiger partial charge on any atom is 0.323 e. The summed E-state index contributed by atoms with van der Waals surface area (Å²) in [4.78, 5) is 11.5. The van der Waals surface area contributed by atoms with E-state index in [9.17, 15) is 4.79 Å². The van der Waals surface area contributed by atoms with Gasteiger partial charge in [-0.3, -0.25) is 4.79 Å². The van der Waals surface area contributed by atoms with E-state index in [2.05, 4.69) is 19.9 Å². The van der Waals surface area contributed by atoms with Gasteiger partial charge in [-0.1, -0.05) is 12.1 Å². The van der Waals surface area contributed by atoms with Crippen LogP contribution in [0.3, 0.4) is 0 Å². The predicted octanol–water partition coefficient (Wildman–Crippen LogP) is 1.83. The number of benzene rings is 1. The summed E-state index contributed by atoms with van der Waals surface area (Å²) in [6.45, 7) is 6.27. The number of rotatable bonds is 4. The highest BCUT2D eigenvalue weighted by molar-refractivity contribution is 5.75. The van der Waals surface area contributed by atoms with E-state index < -0.39 is 6.04 Å². The number of nitrogens with two attached hydrogens (primary N) is 1. The Morgan fingerprint density at radius 1 is 1.53 bits per heavy atom. The minimum absolute atomic E-state index is 0.149. The van der Waals surface area contributed by atoms with Gasteiger partial charge in [0.15, 0.2) is 0 Å². The molecular weight excluding hydrogens is 242 g/mol. The van der Waals surface area contributed by atoms with Crippen LogP contribution in [0.15, 0.2) is 18.2 Å². The van der Waals surface area contributed by atoms with Crippen molar-refractivity contribution in [2.75, 3.05) is 6.61 Å². The van der Waals surface area contributed by atoms with Gasteiger partial charge in [0, 0.05) is 6.42 Å². The highest BCUT2D eigenvalue weighted by Gasteiger charge is 2.30. The topological polar surface area (TPSA) is 61.5 Å². The van der Waals surface area contributed by atoms with Gasteiger partial charge in [0.05, 0.1) is 6.61 Å². The van der Waals surface area contributed by atoms with E-state index in [1.165, 1.54) is 5.56 Å². The molecule has 1 atom stereocenters. The molecule has 2 N–H and O–H groups in total. The normalized spacial score (nSPS) is 17.5. The lowest BCUT2D eigenvalue weighted by Gasteiger charge is -2.16. The van der Waals surface area contributed by atoms with Crippen LogP contribution >= 0.6 is 0 Å². The fraction of sp³-hybridized carbons (Fsp3) is 0.533. The lowest BCUT2D eigenvalue weighted by atomic mass is 9.98. The Morgan fingerprint density at radius 2 is 2.26 bits per heavy atom. The van der Waals surface area contributed by atoms with Gasteiger partial charge in [-0.25, -0.2) is 0 Å². The quantitative estimate of drug-likeness (QED) is 0.842. The van der Waals surface area contributed by atoms with E-state index in [1.807, 2.05) is 12.1 Å². The van der Waals surface area contributed by atoms with E-state index in [0.29, 0.717) is 13.0 Å². The summed E-state index contributed by atoms with van der Waals surface area (Å²) >= 11 is 0. The molecule has 1 unspecified atom stereocenters. The Labute approximate surface area is 113 Å². The first-order chi connectivity index (χ1) is 8.91. The number of hydrogen-bond acceptors (Lipinski definition) is 4. The van der Waals surface area contributed by atoms with Crippen molar-refractivity contribution in [2.24, 2.45) is 5.73 Å². The first-order valence-electron chi connectivity index (χ1n) is 6.64. The van der Waals surface area contributed by atoms with Crippen molar-refractivity contribution >= 4 is 5.97 Å². The molecular formula is C15H21NO3. The molecule has 0 radical (unpaired) electrons. The van der Waals surface area contributed by atoms with Crippen LogP contribution in [-0.4, -0.2) is 24.2 Å². The Morgan fingerprint density at radius 3 is 2.95 bits per heavy atom. The van der Waals surface area contributed by atoms with Crippen molar-refractivity contribution in [1.29, 1.82) is 0 Å². The zero-order valence-corrected chi connectivity index (χ0v) is 11.7. The lowest BCUT2D eigenvalue weighted by Crippen LogP contribution is -2.34. The number of carbonyl (C=O) groups is 1. The molecule has 1 aromatic carbocycles. The molecule has 0 aromatic heterocycles. The van der Waals surface area contributed by atoms with Crippen LogP contribution in [0.25, 0.3) is 0 Å². The maximum absolute atomic E-state index is 11.5. The molecule has 1 aliphatic rings. The van der Waals surface area contributed by atoms with Crippen LogP contribution in [0.5, 0.6) is 5.75 Å². The van der Waals surface area contributed by atoms with Gasteiger partial charge in [0.25, 0.3) is 0 Å². The maximum atomic E-state index is 11.5. The third-order valence-corrected chi connectivity index (χ3v) is 3.17. The van der Waals surface area contributed by atoms with Gasteiger partial charge < -0.3 is 15.2 Å². The van der Waals surface area contributed by atoms with E-state index in [-0.39, 0.29) is 11.6 Å². The Bertz CT molecular complexity index is 482. The zero-order valence-electron chi connectivity index (χ0n) is 11.7. The minimum Gasteiger partial charge on any atom is -0.487 e. The smallest absolute Gasteiger partial charge is 0.323 e. The Balaban J connectivity index is 2.06. The van der Waals surface area contributed by atoms with Crippen LogP contribution in [0.1, 0.15) is 31.9 Å². The predicted molar refractivity (Wildman–Crippen MR) is 73.2 cm³/mol. The van der Waals surface area contributed by atoms with Gasteiger partial charge in [-0.15, -0.1) is 0 Å². The van der Waals surface area contributed by atoms with Crippen molar-refractivity contribution in [3.8, 4) is 5.75 Å². The molecule has 0 aliphatic carbocycles. The minimum atomic E-state index is -0.603. The number of ether oxygens (including phenoxy) is 2. The molecule has 0 saturated heterocycles. The summed E-state index contributed by atoms with van der Waals surface area (Å²) in [5.41, 5.74) is 7.90. The molecule has 104 valence electrons. The van der Waals surface area contributed by atoms with Crippen molar-refractivity contribution in [2.45, 2.75) is 45.3 Å². The first kappa shape index (κ1) is 13.9. The Kier molecular flexibility index (Phi) is 3.80. The number of hydrogen-bond donors (Lipinski definition) is 1. The number of esters is 1. The highest BCUT2D eigenvalue weighted by Crippen LogP contribution is 2.35. The van der Waals surface area contributed by atoms with Gasteiger partial charge in [-0.05, 0) is 44.4 Å². The molecule has 2 rings (SSSR count). The third kappa shape index (κ3) is 3.26. The average Bonchev–Trinajstić information content (AvgIpc) is 2.62. The SMILES string of the molecule is CCOC(=O)C(N)Cc1ccc2c(c1)CC(C)(C)O2. The third-order valence-electron chi connectivity index (χ3n) is 3.17. The standard InChI is InChI=1S/C15H21NO3/c1-4-18-14(17)12(16)8-10-5-6-13-11(7-10)9-15(2,3)19-13/h5-7,12H,4,8-9,16H2,1-3H3. The second-order valence-electron chi connectivity index (χ2n) is 5.54. The first-order valence-corrected chi connectivity index (χ1v) is 6.64. The fourth-order valence-corrected chi connectivity index (χ4v) is 2.38. The molecule has 1 aromatic rings. The van der Waals surface area contributed by atoms with Gasteiger partial charge in [-0.2, -0.15) is 0 Å². The summed E-state index contributed by atoms with van der Waals surface area (Å²) in [5, 5.41) is 0. The number of carbonyl (C=O) groups excluding carboxylic acids is 1. The van der Waals surface area contributed by atoms with Crippen LogP contribution in [0.4, 0.5) is 0 Å². The summed E-state index contributed by atoms with van der Waals surface area (Å²) in [7, 11) is 0. The number of fused-ring (bicyclic) bond motifs is 1. The average molecular weight is 263 g/mol. The van der Waals surface area contributed by atoms with Gasteiger partial charge >= 0.3 is 5.97 Å². The van der Waals surface area contributed by atoms with Crippen LogP contribution in [-0.2, 0) is 22.4 Å². The summed E-state index contributed by atoms with van der Waals surface area (Å²) in [5.74, 6) is 0.582. The summed E-state index contributed by atoms with van der Waals surface area (Å²) < 4.78 is 10.7. The fourth-order valence-electron chi connectivity index (χ4n) is 2.38. The second-order valence-corrected chi connectivity index (χ2v) is 5.54. The van der Waals surface area contributed by atoms with E-state index in [4.69, 9.17) is 15.2 Å².